The minimum atomic E-state index is 0.261. The van der Waals surface area contributed by atoms with Crippen molar-refractivity contribution in [3.8, 4) is 0 Å². The van der Waals surface area contributed by atoms with Crippen LogP contribution in [0.1, 0.15) is 31.4 Å². The first-order valence-electron chi connectivity index (χ1n) is 5.84. The van der Waals surface area contributed by atoms with Gasteiger partial charge in [0.05, 0.1) is 11.2 Å². The van der Waals surface area contributed by atoms with Gasteiger partial charge in [-0.05, 0) is 19.9 Å². The molecular formula is C12H18N2OS. The molecule has 16 heavy (non-hydrogen) atoms. The van der Waals surface area contributed by atoms with Crippen molar-refractivity contribution in [1.82, 2.24) is 9.88 Å². The Kier molecular flexibility index (Phi) is 4.07. The number of rotatable bonds is 4. The van der Waals surface area contributed by atoms with Crippen LogP contribution in [0.4, 0.5) is 0 Å². The fourth-order valence-electron chi connectivity index (χ4n) is 2.28. The van der Waals surface area contributed by atoms with Gasteiger partial charge in [0.1, 0.15) is 5.78 Å². The SMILES string of the molecule is CN(Cc1cscn1)CC1CCCCC1=O. The highest BCUT2D eigenvalue weighted by molar-refractivity contribution is 7.07. The molecule has 0 spiro atoms. The smallest absolute Gasteiger partial charge is 0.137 e. The quantitative estimate of drug-likeness (QED) is 0.807. The molecule has 3 nitrogen and oxygen atoms in total. The predicted molar refractivity (Wildman–Crippen MR) is 65.4 cm³/mol. The fourth-order valence-corrected chi connectivity index (χ4v) is 2.83. The van der Waals surface area contributed by atoms with Crippen molar-refractivity contribution in [3.05, 3.63) is 16.6 Å². The number of carbonyl (C=O) groups excluding carboxylic acids is 1. The minimum Gasteiger partial charge on any atom is -0.300 e. The first-order valence-corrected chi connectivity index (χ1v) is 6.78. The molecule has 1 aliphatic rings. The second-order valence-electron chi connectivity index (χ2n) is 4.59. The summed E-state index contributed by atoms with van der Waals surface area (Å²) in [6.07, 6.45) is 4.15. The Bertz CT molecular complexity index is 337. The van der Waals surface area contributed by atoms with Crippen LogP contribution in [0.2, 0.25) is 0 Å². The maximum Gasteiger partial charge on any atom is 0.137 e. The number of thiazole rings is 1. The third kappa shape index (κ3) is 3.12. The van der Waals surface area contributed by atoms with E-state index in [-0.39, 0.29) is 5.92 Å². The van der Waals surface area contributed by atoms with E-state index >= 15 is 0 Å². The molecule has 88 valence electrons. The van der Waals surface area contributed by atoms with Gasteiger partial charge in [-0.15, -0.1) is 11.3 Å². The Hall–Kier alpha value is -0.740. The van der Waals surface area contributed by atoms with E-state index in [0.29, 0.717) is 5.78 Å². The number of hydrogen-bond donors (Lipinski definition) is 0. The Morgan fingerprint density at radius 2 is 2.44 bits per heavy atom. The van der Waals surface area contributed by atoms with Crippen molar-refractivity contribution in [2.75, 3.05) is 13.6 Å². The van der Waals surface area contributed by atoms with Crippen LogP contribution < -0.4 is 0 Å². The first-order chi connectivity index (χ1) is 7.75. The molecule has 1 aliphatic carbocycles. The highest BCUT2D eigenvalue weighted by Gasteiger charge is 2.23. The molecule has 0 N–H and O–H groups in total. The summed E-state index contributed by atoms with van der Waals surface area (Å²) in [4.78, 5) is 18.2. The molecule has 1 heterocycles. The van der Waals surface area contributed by atoms with E-state index in [1.54, 1.807) is 11.3 Å². The summed E-state index contributed by atoms with van der Waals surface area (Å²) in [5, 5.41) is 2.07. The molecule has 1 aromatic rings. The number of hydrogen-bond acceptors (Lipinski definition) is 4. The average molecular weight is 238 g/mol. The zero-order valence-corrected chi connectivity index (χ0v) is 10.5. The third-order valence-electron chi connectivity index (χ3n) is 3.13. The zero-order valence-electron chi connectivity index (χ0n) is 9.69. The fraction of sp³-hybridized carbons (Fsp3) is 0.667. The van der Waals surface area contributed by atoms with Gasteiger partial charge in [-0.2, -0.15) is 0 Å². The van der Waals surface area contributed by atoms with Crippen LogP contribution in [0.15, 0.2) is 10.9 Å². The lowest BCUT2D eigenvalue weighted by Gasteiger charge is -2.25. The number of ketones is 1. The molecule has 1 saturated carbocycles. The third-order valence-corrected chi connectivity index (χ3v) is 3.76. The lowest BCUT2D eigenvalue weighted by Crippen LogP contribution is -2.32. The molecule has 0 saturated heterocycles. The van der Waals surface area contributed by atoms with E-state index in [0.717, 1.165) is 38.0 Å². The van der Waals surface area contributed by atoms with Crippen molar-refractivity contribution in [2.45, 2.75) is 32.2 Å². The first kappa shape index (κ1) is 11.7. The van der Waals surface area contributed by atoms with Gasteiger partial charge in [0.2, 0.25) is 0 Å². The maximum atomic E-state index is 11.7. The van der Waals surface area contributed by atoms with Crippen molar-refractivity contribution >= 4 is 17.1 Å². The Labute approximate surface area is 100 Å². The number of Topliss-reactive ketones (excluding diaryl/α,β-unsaturated/α-hetero) is 1. The van der Waals surface area contributed by atoms with Crippen molar-refractivity contribution in [2.24, 2.45) is 5.92 Å². The molecule has 0 amide bonds. The van der Waals surface area contributed by atoms with Gasteiger partial charge in [-0.25, -0.2) is 4.98 Å². The van der Waals surface area contributed by atoms with Crippen molar-refractivity contribution < 1.29 is 4.79 Å². The van der Waals surface area contributed by atoms with Gasteiger partial charge in [0.15, 0.2) is 0 Å². The molecule has 0 aromatic carbocycles. The van der Waals surface area contributed by atoms with Crippen molar-refractivity contribution in [3.63, 3.8) is 0 Å². The Balaban J connectivity index is 1.82. The highest BCUT2D eigenvalue weighted by Crippen LogP contribution is 2.21. The highest BCUT2D eigenvalue weighted by atomic mass is 32.1. The van der Waals surface area contributed by atoms with Crippen molar-refractivity contribution in [1.29, 1.82) is 0 Å². The Morgan fingerprint density at radius 3 is 3.12 bits per heavy atom. The summed E-state index contributed by atoms with van der Waals surface area (Å²) in [6.45, 7) is 1.74. The predicted octanol–water partition coefficient (Wildman–Crippen LogP) is 2.33. The topological polar surface area (TPSA) is 33.2 Å². The van der Waals surface area contributed by atoms with E-state index in [2.05, 4.69) is 22.3 Å². The lowest BCUT2D eigenvalue weighted by atomic mass is 9.87. The van der Waals surface area contributed by atoms with Crippen LogP contribution in [0.3, 0.4) is 0 Å². The molecular weight excluding hydrogens is 220 g/mol. The molecule has 2 rings (SSSR count). The number of nitrogens with zero attached hydrogens (tertiary/aromatic N) is 2. The second kappa shape index (κ2) is 5.55. The molecule has 0 aliphatic heterocycles. The summed E-state index contributed by atoms with van der Waals surface area (Å²) < 4.78 is 0. The van der Waals surface area contributed by atoms with Gasteiger partial charge >= 0.3 is 0 Å². The molecule has 0 radical (unpaired) electrons. The molecule has 1 atom stereocenters. The standard InChI is InChI=1S/C12H18N2OS/c1-14(7-11-8-16-9-13-11)6-10-4-2-3-5-12(10)15/h8-10H,2-7H2,1H3. The van der Waals surface area contributed by atoms with Crippen LogP contribution in [0, 0.1) is 5.92 Å². The summed E-state index contributed by atoms with van der Waals surface area (Å²) >= 11 is 1.62. The molecule has 1 aromatic heterocycles. The van der Waals surface area contributed by atoms with Crippen LogP contribution in [-0.4, -0.2) is 29.3 Å². The molecule has 4 heteroatoms. The zero-order chi connectivity index (χ0) is 11.4. The van der Waals surface area contributed by atoms with Gasteiger partial charge < -0.3 is 0 Å². The minimum absolute atomic E-state index is 0.261. The maximum absolute atomic E-state index is 11.7. The van der Waals surface area contributed by atoms with E-state index in [4.69, 9.17) is 0 Å². The normalized spacial score (nSPS) is 21.6. The number of carbonyl (C=O) groups is 1. The molecule has 1 fully saturated rings. The van der Waals surface area contributed by atoms with Gasteiger partial charge in [-0.1, -0.05) is 6.42 Å². The van der Waals surface area contributed by atoms with E-state index in [1.807, 2.05) is 5.51 Å². The second-order valence-corrected chi connectivity index (χ2v) is 5.30. The van der Waals surface area contributed by atoms with E-state index in [9.17, 15) is 4.79 Å². The van der Waals surface area contributed by atoms with Crippen LogP contribution in [0.25, 0.3) is 0 Å². The summed E-state index contributed by atoms with van der Waals surface area (Å²) in [7, 11) is 2.07. The average Bonchev–Trinajstić information content (AvgIpc) is 2.74. The largest absolute Gasteiger partial charge is 0.300 e. The van der Waals surface area contributed by atoms with Crippen LogP contribution in [0.5, 0.6) is 0 Å². The van der Waals surface area contributed by atoms with Gasteiger partial charge in [0, 0.05) is 30.8 Å². The van der Waals surface area contributed by atoms with Crippen LogP contribution in [-0.2, 0) is 11.3 Å². The van der Waals surface area contributed by atoms with Gasteiger partial charge in [-0.3, -0.25) is 9.69 Å². The van der Waals surface area contributed by atoms with Crippen LogP contribution >= 0.6 is 11.3 Å². The van der Waals surface area contributed by atoms with E-state index < -0.39 is 0 Å². The summed E-state index contributed by atoms with van der Waals surface area (Å²) in [5.41, 5.74) is 2.96. The monoisotopic (exact) mass is 238 g/mol. The van der Waals surface area contributed by atoms with Gasteiger partial charge in [0.25, 0.3) is 0 Å². The lowest BCUT2D eigenvalue weighted by molar-refractivity contribution is -0.125. The summed E-state index contributed by atoms with van der Waals surface area (Å²) in [5.74, 6) is 0.716. The van der Waals surface area contributed by atoms with E-state index in [1.165, 1.54) is 6.42 Å². The summed E-state index contributed by atoms with van der Waals surface area (Å²) in [6, 6.07) is 0. The number of aromatic nitrogens is 1. The molecule has 1 unspecified atom stereocenters. The molecule has 0 bridgehead atoms. The Morgan fingerprint density at radius 1 is 1.56 bits per heavy atom.